The van der Waals surface area contributed by atoms with Crippen LogP contribution in [0.3, 0.4) is 0 Å². The summed E-state index contributed by atoms with van der Waals surface area (Å²) >= 11 is 6.66. The Bertz CT molecular complexity index is 963. The molecule has 28 heavy (non-hydrogen) atoms. The Balaban J connectivity index is 1.63. The third-order valence-corrected chi connectivity index (χ3v) is 6.32. The molecule has 0 saturated carbocycles. The van der Waals surface area contributed by atoms with E-state index in [0.29, 0.717) is 23.4 Å². The molecule has 0 heterocycles. The van der Waals surface area contributed by atoms with Gasteiger partial charge in [-0.3, -0.25) is 4.79 Å². The average Bonchev–Trinajstić information content (AvgIpc) is 2.73. The second-order valence-corrected chi connectivity index (χ2v) is 7.72. The second kappa shape index (κ2) is 7.61. The lowest BCUT2D eigenvalue weighted by Crippen LogP contribution is -2.35. The fraction of sp³-hybridized carbons (Fsp3) is 0.348. The summed E-state index contributed by atoms with van der Waals surface area (Å²) in [5, 5.41) is 11.6. The van der Waals surface area contributed by atoms with Crippen LogP contribution in [0.25, 0.3) is 5.03 Å². The van der Waals surface area contributed by atoms with E-state index in [9.17, 15) is 9.90 Å². The van der Waals surface area contributed by atoms with Crippen molar-refractivity contribution in [2.75, 3.05) is 14.2 Å². The van der Waals surface area contributed by atoms with Crippen LogP contribution < -0.4 is 9.47 Å². The van der Waals surface area contributed by atoms with Gasteiger partial charge in [0.25, 0.3) is 0 Å². The number of hydrogen-bond donors (Lipinski definition) is 1. The Morgan fingerprint density at radius 1 is 0.964 bits per heavy atom. The molecule has 2 aromatic rings. The van der Waals surface area contributed by atoms with Crippen molar-refractivity contribution < 1.29 is 19.4 Å². The molecule has 2 aliphatic rings. The number of carbonyl (C=O) groups is 1. The van der Waals surface area contributed by atoms with Crippen LogP contribution in [0.2, 0.25) is 0 Å². The number of fused-ring (bicyclic) bond motifs is 2. The molecule has 2 atom stereocenters. The second-order valence-electron chi connectivity index (χ2n) is 7.34. The normalized spacial score (nSPS) is 19.7. The van der Waals surface area contributed by atoms with Crippen LogP contribution in [-0.2, 0) is 12.8 Å². The highest BCUT2D eigenvalue weighted by Crippen LogP contribution is 2.41. The Morgan fingerprint density at radius 2 is 1.57 bits per heavy atom. The van der Waals surface area contributed by atoms with Gasteiger partial charge in [-0.2, -0.15) is 0 Å². The number of halogens is 1. The number of ether oxygens (including phenoxy) is 2. The highest BCUT2D eigenvalue weighted by Gasteiger charge is 2.36. The molecule has 2 unspecified atom stereocenters. The van der Waals surface area contributed by atoms with Crippen LogP contribution in [0, 0.1) is 5.92 Å². The van der Waals surface area contributed by atoms with E-state index in [-0.39, 0.29) is 5.78 Å². The number of Topliss-reactive ketones (excluding diaryl/α,β-unsaturated/α-hetero) is 1. The fourth-order valence-electron chi connectivity index (χ4n) is 4.28. The molecule has 0 saturated heterocycles. The van der Waals surface area contributed by atoms with Crippen LogP contribution in [0.1, 0.15) is 39.9 Å². The van der Waals surface area contributed by atoms with Gasteiger partial charge in [0.1, 0.15) is 11.5 Å². The van der Waals surface area contributed by atoms with E-state index in [1.165, 1.54) is 0 Å². The van der Waals surface area contributed by atoms with Crippen LogP contribution in [0.4, 0.5) is 0 Å². The van der Waals surface area contributed by atoms with Crippen LogP contribution in [0.15, 0.2) is 42.0 Å². The fourth-order valence-corrected chi connectivity index (χ4v) is 4.67. The minimum absolute atomic E-state index is 0.0195. The minimum atomic E-state index is -0.870. The number of hydrogen-bond acceptors (Lipinski definition) is 4. The predicted octanol–water partition coefficient (Wildman–Crippen LogP) is 4.41. The van der Waals surface area contributed by atoms with Gasteiger partial charge in [-0.25, -0.2) is 0 Å². The highest BCUT2D eigenvalue weighted by atomic mass is 35.5. The summed E-state index contributed by atoms with van der Waals surface area (Å²) in [5.74, 6) is 1.05. The molecule has 1 N–H and O–H groups in total. The molecule has 0 amide bonds. The zero-order chi connectivity index (χ0) is 19.8. The molecule has 0 aliphatic heterocycles. The van der Waals surface area contributed by atoms with Gasteiger partial charge in [0, 0.05) is 10.6 Å². The Labute approximate surface area is 169 Å². The number of rotatable bonds is 4. The lowest BCUT2D eigenvalue weighted by atomic mass is 9.76. The Hall–Kier alpha value is -2.30. The van der Waals surface area contributed by atoms with Crippen molar-refractivity contribution in [1.82, 2.24) is 0 Å². The summed E-state index contributed by atoms with van der Waals surface area (Å²) in [6.07, 6.45) is 1.87. The molecule has 0 bridgehead atoms. The number of aryl methyl sites for hydroxylation is 2. The number of methoxy groups -OCH3 is 2. The first kappa shape index (κ1) is 19.0. The van der Waals surface area contributed by atoms with Crippen molar-refractivity contribution in [3.05, 3.63) is 64.2 Å². The maximum absolute atomic E-state index is 13.1. The standard InChI is InChI=1S/C23H23ClO4/c1-27-15-5-9-17-13(11-15)3-7-19(21(17)24)23(26)20-8-4-14-12-16(28-2)6-10-18(14)22(20)25/h5-6,9-12,20,23,26H,3-4,7-8H2,1-2H3. The monoisotopic (exact) mass is 398 g/mol. The van der Waals surface area contributed by atoms with E-state index < -0.39 is 12.0 Å². The zero-order valence-corrected chi connectivity index (χ0v) is 16.8. The maximum Gasteiger partial charge on any atom is 0.169 e. The van der Waals surface area contributed by atoms with Crippen molar-refractivity contribution in [2.45, 2.75) is 31.8 Å². The molecule has 0 radical (unpaired) electrons. The Morgan fingerprint density at radius 3 is 2.21 bits per heavy atom. The predicted molar refractivity (Wildman–Crippen MR) is 109 cm³/mol. The van der Waals surface area contributed by atoms with Gasteiger partial charge in [0.05, 0.1) is 26.2 Å². The lowest BCUT2D eigenvalue weighted by molar-refractivity contribution is 0.0721. The van der Waals surface area contributed by atoms with Gasteiger partial charge in [-0.1, -0.05) is 11.6 Å². The quantitative estimate of drug-likeness (QED) is 0.829. The smallest absolute Gasteiger partial charge is 0.169 e. The number of aliphatic hydroxyl groups is 1. The van der Waals surface area contributed by atoms with Crippen LogP contribution in [0.5, 0.6) is 11.5 Å². The summed E-state index contributed by atoms with van der Waals surface area (Å²) in [5.41, 5.74) is 4.43. The average molecular weight is 399 g/mol. The third-order valence-electron chi connectivity index (χ3n) is 5.87. The van der Waals surface area contributed by atoms with E-state index in [1.807, 2.05) is 24.3 Å². The number of carbonyl (C=O) groups excluding carboxylic acids is 1. The molecule has 0 spiro atoms. The number of benzene rings is 2. The van der Waals surface area contributed by atoms with Crippen molar-refractivity contribution >= 4 is 22.4 Å². The van der Waals surface area contributed by atoms with E-state index in [4.69, 9.17) is 21.1 Å². The number of aliphatic hydroxyl groups excluding tert-OH is 1. The van der Waals surface area contributed by atoms with Crippen molar-refractivity contribution in [1.29, 1.82) is 0 Å². The van der Waals surface area contributed by atoms with Crippen molar-refractivity contribution in [2.24, 2.45) is 5.92 Å². The molecule has 0 fully saturated rings. The Kier molecular flexibility index (Phi) is 5.17. The molecule has 4 rings (SSSR count). The first-order chi connectivity index (χ1) is 13.5. The zero-order valence-electron chi connectivity index (χ0n) is 16.0. The summed E-state index contributed by atoms with van der Waals surface area (Å²) in [6, 6.07) is 11.3. The number of ketones is 1. The summed E-state index contributed by atoms with van der Waals surface area (Å²) < 4.78 is 10.5. The lowest BCUT2D eigenvalue weighted by Gasteiger charge is -2.31. The first-order valence-electron chi connectivity index (χ1n) is 9.48. The molecular weight excluding hydrogens is 376 g/mol. The molecule has 2 aromatic carbocycles. The SMILES string of the molecule is COc1ccc2c(c1)CCC(C(O)C1=C(Cl)c3ccc(OC)cc3CC1)C2=O. The van der Waals surface area contributed by atoms with Crippen molar-refractivity contribution in [3.63, 3.8) is 0 Å². The summed E-state index contributed by atoms with van der Waals surface area (Å²) in [7, 11) is 3.25. The first-order valence-corrected chi connectivity index (χ1v) is 9.86. The van der Waals surface area contributed by atoms with E-state index in [0.717, 1.165) is 46.6 Å². The molecular formula is C23H23ClO4. The summed E-state index contributed by atoms with van der Waals surface area (Å²) in [4.78, 5) is 13.1. The molecule has 4 nitrogen and oxygen atoms in total. The van der Waals surface area contributed by atoms with Crippen LogP contribution in [-0.4, -0.2) is 31.2 Å². The van der Waals surface area contributed by atoms with E-state index >= 15 is 0 Å². The maximum atomic E-state index is 13.1. The van der Waals surface area contributed by atoms with Gasteiger partial charge in [-0.15, -0.1) is 0 Å². The molecule has 146 valence electrons. The van der Waals surface area contributed by atoms with Gasteiger partial charge < -0.3 is 14.6 Å². The topological polar surface area (TPSA) is 55.8 Å². The van der Waals surface area contributed by atoms with Gasteiger partial charge in [0.2, 0.25) is 0 Å². The minimum Gasteiger partial charge on any atom is -0.497 e. The third kappa shape index (κ3) is 3.21. The van der Waals surface area contributed by atoms with Gasteiger partial charge in [0.15, 0.2) is 5.78 Å². The van der Waals surface area contributed by atoms with Gasteiger partial charge in [-0.05, 0) is 84.3 Å². The highest BCUT2D eigenvalue weighted by molar-refractivity contribution is 6.49. The van der Waals surface area contributed by atoms with Gasteiger partial charge >= 0.3 is 0 Å². The van der Waals surface area contributed by atoms with E-state index in [1.54, 1.807) is 26.4 Å². The summed E-state index contributed by atoms with van der Waals surface area (Å²) in [6.45, 7) is 0. The largest absolute Gasteiger partial charge is 0.497 e. The van der Waals surface area contributed by atoms with Crippen LogP contribution >= 0.6 is 11.6 Å². The van der Waals surface area contributed by atoms with Crippen molar-refractivity contribution in [3.8, 4) is 11.5 Å². The van der Waals surface area contributed by atoms with E-state index in [2.05, 4.69) is 0 Å². The molecule has 2 aliphatic carbocycles. The molecule has 5 heteroatoms. The molecule has 0 aromatic heterocycles.